The highest BCUT2D eigenvalue weighted by atomic mass is 14.8. The predicted octanol–water partition coefficient (Wildman–Crippen LogP) is 3.19. The summed E-state index contributed by atoms with van der Waals surface area (Å²) >= 11 is 0. The van der Waals surface area contributed by atoms with Gasteiger partial charge in [0, 0.05) is 16.6 Å². The number of anilines is 1. The van der Waals surface area contributed by atoms with E-state index >= 15 is 0 Å². The van der Waals surface area contributed by atoms with Gasteiger partial charge in [-0.1, -0.05) is 24.3 Å². The third-order valence-corrected chi connectivity index (χ3v) is 3.06. The van der Waals surface area contributed by atoms with Crippen molar-refractivity contribution in [2.75, 3.05) is 5.73 Å². The molecule has 3 aromatic rings. The summed E-state index contributed by atoms with van der Waals surface area (Å²) in [6.07, 6.45) is 1.60. The molecule has 0 bridgehead atoms. The first-order valence-electron chi connectivity index (χ1n) is 5.82. The van der Waals surface area contributed by atoms with Gasteiger partial charge >= 0.3 is 0 Å². The molecule has 0 saturated carbocycles. The Morgan fingerprint density at radius 2 is 1.83 bits per heavy atom. The number of aromatic nitrogens is 2. The summed E-state index contributed by atoms with van der Waals surface area (Å²) < 4.78 is 0. The van der Waals surface area contributed by atoms with Crippen molar-refractivity contribution in [2.45, 2.75) is 6.92 Å². The van der Waals surface area contributed by atoms with Crippen molar-refractivity contribution in [1.29, 1.82) is 0 Å². The topological polar surface area (TPSA) is 51.8 Å². The van der Waals surface area contributed by atoms with Gasteiger partial charge in [0.15, 0.2) is 0 Å². The van der Waals surface area contributed by atoms with Crippen LogP contribution in [0.5, 0.6) is 0 Å². The predicted molar refractivity (Wildman–Crippen MR) is 74.1 cm³/mol. The summed E-state index contributed by atoms with van der Waals surface area (Å²) in [6.45, 7) is 2.06. The van der Waals surface area contributed by atoms with Crippen LogP contribution in [0.25, 0.3) is 22.2 Å². The van der Waals surface area contributed by atoms with E-state index in [-0.39, 0.29) is 0 Å². The van der Waals surface area contributed by atoms with Gasteiger partial charge in [-0.3, -0.25) is 0 Å². The fraction of sp³-hybridized carbons (Fsp3) is 0.0667. The minimum Gasteiger partial charge on any atom is -0.399 e. The molecule has 2 N–H and O–H groups in total. The lowest BCUT2D eigenvalue weighted by atomic mass is 10.0. The van der Waals surface area contributed by atoms with Crippen LogP contribution in [0.15, 0.2) is 48.8 Å². The van der Waals surface area contributed by atoms with Gasteiger partial charge in [-0.25, -0.2) is 9.97 Å². The molecule has 2 aromatic carbocycles. The standard InChI is InChI=1S/C15H13N3/c1-10-6-7-11(16)8-13(10)15-12-4-2-3-5-14(12)17-9-18-15/h2-9H,16H2,1H3. The van der Waals surface area contributed by atoms with Crippen LogP contribution in [0, 0.1) is 6.92 Å². The fourth-order valence-electron chi connectivity index (χ4n) is 2.11. The highest BCUT2D eigenvalue weighted by Crippen LogP contribution is 2.29. The summed E-state index contributed by atoms with van der Waals surface area (Å²) in [6, 6.07) is 13.9. The number of aryl methyl sites for hydroxylation is 1. The second-order valence-electron chi connectivity index (χ2n) is 4.31. The van der Waals surface area contributed by atoms with E-state index in [9.17, 15) is 0 Å². The molecule has 18 heavy (non-hydrogen) atoms. The Hall–Kier alpha value is -2.42. The molecule has 0 amide bonds. The van der Waals surface area contributed by atoms with Crippen molar-refractivity contribution in [3.8, 4) is 11.3 Å². The largest absolute Gasteiger partial charge is 0.399 e. The number of nitrogens with zero attached hydrogens (tertiary/aromatic N) is 2. The molecule has 0 fully saturated rings. The van der Waals surface area contributed by atoms with Crippen molar-refractivity contribution >= 4 is 16.6 Å². The van der Waals surface area contributed by atoms with Gasteiger partial charge < -0.3 is 5.73 Å². The van der Waals surface area contributed by atoms with Gasteiger partial charge in [-0.15, -0.1) is 0 Å². The van der Waals surface area contributed by atoms with E-state index in [1.807, 2.05) is 42.5 Å². The smallest absolute Gasteiger partial charge is 0.116 e. The molecule has 1 heterocycles. The number of rotatable bonds is 1. The molecule has 0 aliphatic carbocycles. The molecule has 3 rings (SSSR count). The Bertz CT molecular complexity index is 715. The van der Waals surface area contributed by atoms with Crippen LogP contribution in [-0.4, -0.2) is 9.97 Å². The van der Waals surface area contributed by atoms with E-state index < -0.39 is 0 Å². The number of para-hydroxylation sites is 1. The second kappa shape index (κ2) is 4.11. The molecule has 88 valence electrons. The van der Waals surface area contributed by atoms with Crippen molar-refractivity contribution in [1.82, 2.24) is 9.97 Å². The first-order chi connectivity index (χ1) is 8.75. The second-order valence-corrected chi connectivity index (χ2v) is 4.31. The molecule has 0 saturated heterocycles. The molecule has 3 heteroatoms. The van der Waals surface area contributed by atoms with Crippen LogP contribution in [0.1, 0.15) is 5.56 Å². The minimum atomic E-state index is 0.748. The van der Waals surface area contributed by atoms with Crippen LogP contribution >= 0.6 is 0 Å². The van der Waals surface area contributed by atoms with Gasteiger partial charge in [0.25, 0.3) is 0 Å². The lowest BCUT2D eigenvalue weighted by Gasteiger charge is -2.08. The first-order valence-corrected chi connectivity index (χ1v) is 5.82. The lowest BCUT2D eigenvalue weighted by molar-refractivity contribution is 1.22. The highest BCUT2D eigenvalue weighted by Gasteiger charge is 2.08. The molecule has 1 aromatic heterocycles. The number of benzene rings is 2. The fourth-order valence-corrected chi connectivity index (χ4v) is 2.11. The maximum Gasteiger partial charge on any atom is 0.116 e. The Labute approximate surface area is 105 Å². The average Bonchev–Trinajstić information content (AvgIpc) is 2.41. The summed E-state index contributed by atoms with van der Waals surface area (Å²) in [4.78, 5) is 8.69. The monoisotopic (exact) mass is 235 g/mol. The van der Waals surface area contributed by atoms with Crippen LogP contribution in [0.2, 0.25) is 0 Å². The van der Waals surface area contributed by atoms with Gasteiger partial charge in [-0.05, 0) is 30.7 Å². The number of nitrogens with two attached hydrogens (primary N) is 1. The first kappa shape index (κ1) is 10.7. The minimum absolute atomic E-state index is 0.748. The molecule has 0 aliphatic rings. The van der Waals surface area contributed by atoms with E-state index in [4.69, 9.17) is 5.73 Å². The van der Waals surface area contributed by atoms with Gasteiger partial charge in [0.05, 0.1) is 11.2 Å². The zero-order valence-corrected chi connectivity index (χ0v) is 10.1. The lowest BCUT2D eigenvalue weighted by Crippen LogP contribution is -1.93. The van der Waals surface area contributed by atoms with Gasteiger partial charge in [-0.2, -0.15) is 0 Å². The normalized spacial score (nSPS) is 10.7. The Morgan fingerprint density at radius 3 is 2.72 bits per heavy atom. The van der Waals surface area contributed by atoms with Gasteiger partial charge in [0.2, 0.25) is 0 Å². The molecular weight excluding hydrogens is 222 g/mol. The third kappa shape index (κ3) is 1.70. The van der Waals surface area contributed by atoms with E-state index in [0.717, 1.165) is 33.4 Å². The quantitative estimate of drug-likeness (QED) is 0.659. The number of hydrogen-bond acceptors (Lipinski definition) is 3. The van der Waals surface area contributed by atoms with Crippen LogP contribution in [-0.2, 0) is 0 Å². The zero-order valence-electron chi connectivity index (χ0n) is 10.1. The average molecular weight is 235 g/mol. The van der Waals surface area contributed by atoms with Crippen LogP contribution in [0.3, 0.4) is 0 Å². The van der Waals surface area contributed by atoms with Crippen molar-refractivity contribution in [3.05, 3.63) is 54.4 Å². The third-order valence-electron chi connectivity index (χ3n) is 3.06. The van der Waals surface area contributed by atoms with Gasteiger partial charge in [0.1, 0.15) is 6.33 Å². The maximum atomic E-state index is 5.87. The van der Waals surface area contributed by atoms with Crippen molar-refractivity contribution < 1.29 is 0 Å². The highest BCUT2D eigenvalue weighted by molar-refractivity contribution is 5.93. The molecular formula is C15H13N3. The number of fused-ring (bicyclic) bond motifs is 1. The Balaban J connectivity index is 2.35. The molecule has 0 spiro atoms. The van der Waals surface area contributed by atoms with E-state index in [1.54, 1.807) is 6.33 Å². The maximum absolute atomic E-state index is 5.87. The van der Waals surface area contributed by atoms with Crippen LogP contribution < -0.4 is 5.73 Å². The molecule has 3 nitrogen and oxygen atoms in total. The molecule has 0 aliphatic heterocycles. The zero-order chi connectivity index (χ0) is 12.5. The van der Waals surface area contributed by atoms with E-state index in [2.05, 4.69) is 16.9 Å². The van der Waals surface area contributed by atoms with Crippen LogP contribution in [0.4, 0.5) is 5.69 Å². The molecule has 0 unspecified atom stereocenters. The number of hydrogen-bond donors (Lipinski definition) is 1. The van der Waals surface area contributed by atoms with E-state index in [0.29, 0.717) is 0 Å². The van der Waals surface area contributed by atoms with Crippen molar-refractivity contribution in [2.24, 2.45) is 0 Å². The van der Waals surface area contributed by atoms with Crippen molar-refractivity contribution in [3.63, 3.8) is 0 Å². The molecule has 0 atom stereocenters. The summed E-state index contributed by atoms with van der Waals surface area (Å²) in [5.41, 5.74) is 10.7. The SMILES string of the molecule is Cc1ccc(N)cc1-c1ncnc2ccccc12. The van der Waals surface area contributed by atoms with E-state index in [1.165, 1.54) is 0 Å². The summed E-state index contributed by atoms with van der Waals surface area (Å²) in [5.74, 6) is 0. The summed E-state index contributed by atoms with van der Waals surface area (Å²) in [5, 5.41) is 1.05. The Kier molecular flexibility index (Phi) is 2.45. The molecule has 0 radical (unpaired) electrons. The summed E-state index contributed by atoms with van der Waals surface area (Å²) in [7, 11) is 0. The number of nitrogen functional groups attached to an aromatic ring is 1. The Morgan fingerprint density at radius 1 is 1.00 bits per heavy atom.